The van der Waals surface area contributed by atoms with Gasteiger partial charge in [-0.3, -0.25) is 0 Å². The first-order chi connectivity index (χ1) is 9.86. The molecule has 1 heterocycles. The fourth-order valence-electron chi connectivity index (χ4n) is 2.51. The van der Waals surface area contributed by atoms with Crippen LogP contribution in [0.4, 0.5) is 17.6 Å². The zero-order valence-electron chi connectivity index (χ0n) is 10.9. The quantitative estimate of drug-likeness (QED) is 0.797. The number of halogens is 4. The lowest BCUT2D eigenvalue weighted by Crippen LogP contribution is -2.15. The first-order valence-corrected chi connectivity index (χ1v) is 7.30. The van der Waals surface area contributed by atoms with Crippen LogP contribution in [0.5, 0.6) is 0 Å². The van der Waals surface area contributed by atoms with Crippen LogP contribution in [0.2, 0.25) is 0 Å². The Morgan fingerprint density at radius 3 is 2.71 bits per heavy atom. The minimum Gasteiger partial charge on any atom is -0.323 e. The molecule has 0 aliphatic heterocycles. The second-order valence-electron chi connectivity index (χ2n) is 5.02. The van der Waals surface area contributed by atoms with E-state index < -0.39 is 17.6 Å². The summed E-state index contributed by atoms with van der Waals surface area (Å²) < 4.78 is 52.3. The van der Waals surface area contributed by atoms with Crippen molar-refractivity contribution in [3.05, 3.63) is 40.2 Å². The predicted octanol–water partition coefficient (Wildman–Crippen LogP) is 4.30. The lowest BCUT2D eigenvalue weighted by atomic mass is 9.99. The van der Waals surface area contributed by atoms with E-state index in [0.717, 1.165) is 42.0 Å². The number of nitrogens with two attached hydrogens (primary N) is 1. The van der Waals surface area contributed by atoms with Crippen molar-refractivity contribution in [3.8, 4) is 10.6 Å². The minimum absolute atomic E-state index is 0.0875. The van der Waals surface area contributed by atoms with Crippen molar-refractivity contribution in [3.63, 3.8) is 0 Å². The van der Waals surface area contributed by atoms with E-state index in [1.807, 2.05) is 0 Å². The van der Waals surface area contributed by atoms with Crippen molar-refractivity contribution in [1.82, 2.24) is 4.98 Å². The number of aromatic nitrogens is 1. The number of thiazole rings is 1. The Morgan fingerprint density at radius 1 is 1.29 bits per heavy atom. The maximum Gasteiger partial charge on any atom is 0.417 e. The molecule has 1 aliphatic carbocycles. The van der Waals surface area contributed by atoms with E-state index in [2.05, 4.69) is 4.98 Å². The highest BCUT2D eigenvalue weighted by Crippen LogP contribution is 2.42. The Kier molecular flexibility index (Phi) is 3.49. The molecule has 1 aliphatic rings. The standard InChI is InChI=1S/C14H12F4N2S/c15-7-4-5-8(9(6-7)14(16,17)18)13-20-11-3-1-2-10(19)12(11)21-13/h4-6,10H,1-3,19H2. The fraction of sp³-hybridized carbons (Fsp3) is 0.357. The molecule has 0 bridgehead atoms. The average molecular weight is 316 g/mol. The molecule has 112 valence electrons. The Hall–Kier alpha value is -1.47. The molecule has 2 aromatic rings. The Morgan fingerprint density at radius 2 is 2.05 bits per heavy atom. The highest BCUT2D eigenvalue weighted by atomic mass is 32.1. The van der Waals surface area contributed by atoms with Gasteiger partial charge in [0.25, 0.3) is 0 Å². The monoisotopic (exact) mass is 316 g/mol. The van der Waals surface area contributed by atoms with E-state index in [1.54, 1.807) is 0 Å². The second-order valence-corrected chi connectivity index (χ2v) is 6.05. The molecular weight excluding hydrogens is 304 g/mol. The predicted molar refractivity (Wildman–Crippen MR) is 72.4 cm³/mol. The van der Waals surface area contributed by atoms with Crippen LogP contribution in [0.1, 0.15) is 35.0 Å². The van der Waals surface area contributed by atoms with E-state index in [9.17, 15) is 17.6 Å². The second kappa shape index (κ2) is 5.06. The third-order valence-corrected chi connectivity index (χ3v) is 4.77. The van der Waals surface area contributed by atoms with Gasteiger partial charge in [-0.25, -0.2) is 9.37 Å². The average Bonchev–Trinajstić information content (AvgIpc) is 2.83. The first kappa shape index (κ1) is 14.5. The van der Waals surface area contributed by atoms with Gasteiger partial charge in [-0.05, 0) is 37.5 Å². The van der Waals surface area contributed by atoms with Gasteiger partial charge in [-0.2, -0.15) is 13.2 Å². The van der Waals surface area contributed by atoms with Crippen molar-refractivity contribution in [2.45, 2.75) is 31.5 Å². The summed E-state index contributed by atoms with van der Waals surface area (Å²) in [5.41, 5.74) is 5.66. The number of aryl methyl sites for hydroxylation is 1. The fourth-order valence-corrected chi connectivity index (χ4v) is 3.69. The molecule has 0 fully saturated rings. The molecule has 1 unspecified atom stereocenters. The summed E-state index contributed by atoms with van der Waals surface area (Å²) in [6.45, 7) is 0. The van der Waals surface area contributed by atoms with Crippen LogP contribution in [-0.4, -0.2) is 4.98 Å². The molecule has 2 N–H and O–H groups in total. The van der Waals surface area contributed by atoms with Gasteiger partial charge in [0.05, 0.1) is 11.3 Å². The highest BCUT2D eigenvalue weighted by molar-refractivity contribution is 7.15. The number of alkyl halides is 3. The lowest BCUT2D eigenvalue weighted by molar-refractivity contribution is -0.137. The van der Waals surface area contributed by atoms with Crippen molar-refractivity contribution in [1.29, 1.82) is 0 Å². The molecule has 0 amide bonds. The van der Waals surface area contributed by atoms with E-state index in [0.29, 0.717) is 6.07 Å². The Bertz CT molecular complexity index is 678. The molecular formula is C14H12F4N2S. The number of hydrogen-bond donors (Lipinski definition) is 1. The zero-order chi connectivity index (χ0) is 15.2. The summed E-state index contributed by atoms with van der Waals surface area (Å²) in [5, 5.41) is 0.254. The smallest absolute Gasteiger partial charge is 0.323 e. The van der Waals surface area contributed by atoms with Crippen LogP contribution < -0.4 is 5.73 Å². The summed E-state index contributed by atoms with van der Waals surface area (Å²) >= 11 is 1.17. The van der Waals surface area contributed by atoms with Gasteiger partial charge in [0.1, 0.15) is 10.8 Å². The van der Waals surface area contributed by atoms with Crippen LogP contribution in [0.25, 0.3) is 10.6 Å². The molecule has 3 rings (SSSR count). The van der Waals surface area contributed by atoms with Crippen molar-refractivity contribution >= 4 is 11.3 Å². The van der Waals surface area contributed by atoms with Crippen LogP contribution in [0, 0.1) is 5.82 Å². The van der Waals surface area contributed by atoms with Gasteiger partial charge >= 0.3 is 6.18 Å². The van der Waals surface area contributed by atoms with E-state index in [1.165, 1.54) is 11.3 Å². The van der Waals surface area contributed by atoms with Gasteiger partial charge in [-0.15, -0.1) is 11.3 Å². The summed E-state index contributed by atoms with van der Waals surface area (Å²) in [5.74, 6) is -0.913. The van der Waals surface area contributed by atoms with E-state index >= 15 is 0 Å². The summed E-state index contributed by atoms with van der Waals surface area (Å²) in [4.78, 5) is 5.13. The first-order valence-electron chi connectivity index (χ1n) is 6.48. The highest BCUT2D eigenvalue weighted by Gasteiger charge is 2.35. The Labute approximate surface area is 122 Å². The SMILES string of the molecule is NC1CCCc2nc(-c3ccc(F)cc3C(F)(F)F)sc21. The van der Waals surface area contributed by atoms with Gasteiger partial charge < -0.3 is 5.73 Å². The molecule has 0 radical (unpaired) electrons. The van der Waals surface area contributed by atoms with Crippen LogP contribution in [0.3, 0.4) is 0 Å². The molecule has 1 atom stereocenters. The van der Waals surface area contributed by atoms with E-state index in [-0.39, 0.29) is 16.6 Å². The summed E-state index contributed by atoms with van der Waals surface area (Å²) in [6.07, 6.45) is -2.20. The van der Waals surface area contributed by atoms with Crippen LogP contribution >= 0.6 is 11.3 Å². The van der Waals surface area contributed by atoms with Gasteiger partial charge in [0, 0.05) is 16.5 Å². The molecule has 0 spiro atoms. The normalized spacial score (nSPS) is 18.6. The molecule has 0 saturated carbocycles. The zero-order valence-corrected chi connectivity index (χ0v) is 11.7. The van der Waals surface area contributed by atoms with Crippen LogP contribution in [0.15, 0.2) is 18.2 Å². The maximum atomic E-state index is 13.1. The number of fused-ring (bicyclic) bond motifs is 1. The number of rotatable bonds is 1. The third kappa shape index (κ3) is 2.67. The number of benzene rings is 1. The third-order valence-electron chi connectivity index (χ3n) is 3.51. The van der Waals surface area contributed by atoms with Crippen molar-refractivity contribution in [2.75, 3.05) is 0 Å². The van der Waals surface area contributed by atoms with Gasteiger partial charge in [0.15, 0.2) is 0 Å². The largest absolute Gasteiger partial charge is 0.417 e. The Balaban J connectivity index is 2.13. The maximum absolute atomic E-state index is 13.1. The topological polar surface area (TPSA) is 38.9 Å². The van der Waals surface area contributed by atoms with E-state index in [4.69, 9.17) is 5.73 Å². The molecule has 7 heteroatoms. The van der Waals surface area contributed by atoms with Crippen LogP contribution in [-0.2, 0) is 12.6 Å². The van der Waals surface area contributed by atoms with Crippen molar-refractivity contribution < 1.29 is 17.6 Å². The van der Waals surface area contributed by atoms with Crippen molar-refractivity contribution in [2.24, 2.45) is 5.73 Å². The summed E-state index contributed by atoms with van der Waals surface area (Å²) in [6, 6.07) is 2.49. The molecule has 21 heavy (non-hydrogen) atoms. The minimum atomic E-state index is -4.62. The summed E-state index contributed by atoms with van der Waals surface area (Å²) in [7, 11) is 0. The molecule has 0 saturated heterocycles. The van der Waals surface area contributed by atoms with Gasteiger partial charge in [0.2, 0.25) is 0 Å². The lowest BCUT2D eigenvalue weighted by Gasteiger charge is -2.15. The molecule has 1 aromatic heterocycles. The molecule has 2 nitrogen and oxygen atoms in total. The number of hydrogen-bond acceptors (Lipinski definition) is 3. The molecule has 1 aromatic carbocycles. The number of nitrogens with zero attached hydrogens (tertiary/aromatic N) is 1. The van der Waals surface area contributed by atoms with Gasteiger partial charge in [-0.1, -0.05) is 0 Å².